The van der Waals surface area contributed by atoms with Gasteiger partial charge in [-0.25, -0.2) is 4.79 Å². The third-order valence-corrected chi connectivity index (χ3v) is 3.77. The zero-order valence-electron chi connectivity index (χ0n) is 14.2. The number of nitrogens with zero attached hydrogens (tertiary/aromatic N) is 1. The fraction of sp³-hybridized carbons (Fsp3) is 0.444. The van der Waals surface area contributed by atoms with Gasteiger partial charge in [0.15, 0.2) is 0 Å². The maximum Gasteiger partial charge on any atom is 0.407 e. The van der Waals surface area contributed by atoms with E-state index < -0.39 is 11.7 Å². The van der Waals surface area contributed by atoms with Gasteiger partial charge in [-0.1, -0.05) is 23.4 Å². The number of hydrogen-bond acceptors (Lipinski definition) is 5. The smallest absolute Gasteiger partial charge is 0.407 e. The molecule has 6 nitrogen and oxygen atoms in total. The summed E-state index contributed by atoms with van der Waals surface area (Å²) in [4.78, 5) is 11.9. The minimum atomic E-state index is -0.518. The number of carbonyl (C=O) groups excluding carboxylic acids is 1. The molecule has 1 atom stereocenters. The lowest BCUT2D eigenvalue weighted by Crippen LogP contribution is -2.36. The Morgan fingerprint density at radius 3 is 2.92 bits per heavy atom. The maximum absolute atomic E-state index is 11.9. The molecule has 0 saturated heterocycles. The average molecular weight is 330 g/mol. The summed E-state index contributed by atoms with van der Waals surface area (Å²) in [6.07, 6.45) is 1.73. The molecule has 24 heavy (non-hydrogen) atoms. The Hall–Kier alpha value is -2.34. The Labute approximate surface area is 141 Å². The number of hydrogen-bond donors (Lipinski definition) is 1. The quantitative estimate of drug-likeness (QED) is 0.932. The predicted octanol–water partition coefficient (Wildman–Crippen LogP) is 3.48. The molecule has 1 N–H and O–H groups in total. The van der Waals surface area contributed by atoms with Crippen molar-refractivity contribution in [2.75, 3.05) is 13.2 Å². The van der Waals surface area contributed by atoms with Gasteiger partial charge in [0, 0.05) is 11.6 Å². The molecule has 1 aromatic heterocycles. The zero-order chi connectivity index (χ0) is 17.2. The minimum absolute atomic E-state index is 0.201. The van der Waals surface area contributed by atoms with E-state index in [0.717, 1.165) is 23.2 Å². The van der Waals surface area contributed by atoms with E-state index in [2.05, 4.69) is 10.5 Å². The molecule has 0 unspecified atom stereocenters. The first-order valence-electron chi connectivity index (χ1n) is 8.05. The van der Waals surface area contributed by atoms with Gasteiger partial charge in [0.05, 0.1) is 13.2 Å². The molecule has 0 radical (unpaired) electrons. The van der Waals surface area contributed by atoms with Gasteiger partial charge < -0.3 is 19.3 Å². The van der Waals surface area contributed by atoms with Crippen LogP contribution in [0.3, 0.4) is 0 Å². The van der Waals surface area contributed by atoms with Gasteiger partial charge in [0.1, 0.15) is 23.7 Å². The van der Waals surface area contributed by atoms with Crippen LogP contribution >= 0.6 is 0 Å². The third kappa shape index (κ3) is 3.76. The van der Waals surface area contributed by atoms with Gasteiger partial charge in [0.25, 0.3) is 0 Å². The van der Waals surface area contributed by atoms with Crippen LogP contribution in [0, 0.1) is 0 Å². The zero-order valence-corrected chi connectivity index (χ0v) is 14.2. The first-order chi connectivity index (χ1) is 11.4. The van der Waals surface area contributed by atoms with E-state index in [0.29, 0.717) is 13.2 Å². The van der Waals surface area contributed by atoms with Crippen LogP contribution in [0.25, 0.3) is 11.3 Å². The number of carbonyl (C=O) groups is 1. The summed E-state index contributed by atoms with van der Waals surface area (Å²) in [5, 5.41) is 6.81. The number of ether oxygens (including phenoxy) is 2. The molecular formula is C18H22N2O4. The Bertz CT molecular complexity index is 704. The van der Waals surface area contributed by atoms with Gasteiger partial charge >= 0.3 is 6.09 Å². The van der Waals surface area contributed by atoms with E-state index in [1.54, 1.807) is 6.26 Å². The second-order valence-electron chi connectivity index (χ2n) is 6.75. The molecule has 0 fully saturated rings. The summed E-state index contributed by atoms with van der Waals surface area (Å²) >= 11 is 0. The molecule has 2 aromatic rings. The highest BCUT2D eigenvalue weighted by molar-refractivity contribution is 5.68. The van der Waals surface area contributed by atoms with Gasteiger partial charge in [-0.05, 0) is 38.3 Å². The van der Waals surface area contributed by atoms with Gasteiger partial charge in [-0.3, -0.25) is 0 Å². The lowest BCUT2D eigenvalue weighted by Gasteiger charge is -2.28. The fourth-order valence-electron chi connectivity index (χ4n) is 2.83. The molecule has 3 rings (SSSR count). The van der Waals surface area contributed by atoms with Crippen LogP contribution in [0.2, 0.25) is 0 Å². The molecule has 128 valence electrons. The number of benzene rings is 1. The van der Waals surface area contributed by atoms with E-state index in [1.807, 2.05) is 45.0 Å². The van der Waals surface area contributed by atoms with Gasteiger partial charge in [-0.2, -0.15) is 0 Å². The maximum atomic E-state index is 11.9. The van der Waals surface area contributed by atoms with E-state index in [1.165, 1.54) is 5.56 Å². The summed E-state index contributed by atoms with van der Waals surface area (Å²) in [7, 11) is 0. The van der Waals surface area contributed by atoms with Crippen molar-refractivity contribution in [3.05, 3.63) is 41.7 Å². The number of alkyl carbamates (subject to hydrolysis) is 1. The fourth-order valence-corrected chi connectivity index (χ4v) is 2.83. The van der Waals surface area contributed by atoms with Crippen LogP contribution in [0.4, 0.5) is 4.79 Å². The third-order valence-electron chi connectivity index (χ3n) is 3.77. The van der Waals surface area contributed by atoms with Crippen molar-refractivity contribution >= 4 is 6.09 Å². The number of aromatic nitrogens is 1. The van der Waals surface area contributed by atoms with Crippen molar-refractivity contribution in [3.63, 3.8) is 0 Å². The Morgan fingerprint density at radius 2 is 2.21 bits per heavy atom. The van der Waals surface area contributed by atoms with Crippen LogP contribution in [0.5, 0.6) is 0 Å². The number of nitrogens with one attached hydrogen (secondary N) is 1. The van der Waals surface area contributed by atoms with Crippen LogP contribution in [-0.2, 0) is 15.9 Å². The van der Waals surface area contributed by atoms with Crippen LogP contribution in [0.1, 0.15) is 38.0 Å². The van der Waals surface area contributed by atoms with E-state index in [4.69, 9.17) is 14.0 Å². The largest absolute Gasteiger partial charge is 0.444 e. The molecule has 1 aromatic carbocycles. The van der Waals surface area contributed by atoms with Gasteiger partial charge in [-0.15, -0.1) is 0 Å². The second kappa shape index (κ2) is 6.65. The minimum Gasteiger partial charge on any atom is -0.444 e. The topological polar surface area (TPSA) is 73.6 Å². The Kier molecular flexibility index (Phi) is 4.57. The Balaban J connectivity index is 1.75. The average Bonchev–Trinajstić information content (AvgIpc) is 3.05. The predicted molar refractivity (Wildman–Crippen MR) is 88.6 cm³/mol. The number of amides is 1. The molecule has 0 aliphatic carbocycles. The monoisotopic (exact) mass is 330 g/mol. The summed E-state index contributed by atoms with van der Waals surface area (Å²) in [5.74, 6) is 0. The van der Waals surface area contributed by atoms with Crippen LogP contribution < -0.4 is 5.32 Å². The first kappa shape index (κ1) is 16.5. The lowest BCUT2D eigenvalue weighted by molar-refractivity contribution is 0.0289. The molecule has 1 aliphatic heterocycles. The molecule has 1 amide bonds. The highest BCUT2D eigenvalue weighted by atomic mass is 16.6. The summed E-state index contributed by atoms with van der Waals surface area (Å²) < 4.78 is 16.1. The molecule has 6 heteroatoms. The highest BCUT2D eigenvalue weighted by Gasteiger charge is 2.25. The normalized spacial score (nSPS) is 17.2. The summed E-state index contributed by atoms with van der Waals surface area (Å²) in [5.41, 5.74) is 3.60. The SMILES string of the molecule is CC(C)(C)OC(=O)NC[C@@H]1OCCc2c(-c3ccon3)cccc21. The van der Waals surface area contributed by atoms with Gasteiger partial charge in [0.2, 0.25) is 0 Å². The molecule has 0 bridgehead atoms. The van der Waals surface area contributed by atoms with Crippen molar-refractivity contribution in [3.8, 4) is 11.3 Å². The van der Waals surface area contributed by atoms with Crippen molar-refractivity contribution in [1.29, 1.82) is 0 Å². The second-order valence-corrected chi connectivity index (χ2v) is 6.75. The molecule has 0 spiro atoms. The van der Waals surface area contributed by atoms with Crippen LogP contribution in [0.15, 0.2) is 35.1 Å². The number of rotatable bonds is 3. The van der Waals surface area contributed by atoms with Crippen molar-refractivity contribution in [1.82, 2.24) is 10.5 Å². The number of fused-ring (bicyclic) bond motifs is 1. The molecule has 2 heterocycles. The van der Waals surface area contributed by atoms with Crippen molar-refractivity contribution in [2.45, 2.75) is 38.9 Å². The van der Waals surface area contributed by atoms with Crippen molar-refractivity contribution in [2.24, 2.45) is 0 Å². The van der Waals surface area contributed by atoms with Crippen LogP contribution in [-0.4, -0.2) is 30.0 Å². The lowest BCUT2D eigenvalue weighted by atomic mass is 9.91. The standard InChI is InChI=1S/C18H22N2O4/c1-18(2,3)24-17(21)19-11-16-14-6-4-5-13(12(14)7-9-22-16)15-8-10-23-20-15/h4-6,8,10,16H,7,9,11H2,1-3H3,(H,19,21)/t16-/m0/s1. The summed E-state index contributed by atoms with van der Waals surface area (Å²) in [6, 6.07) is 7.87. The molecule has 0 saturated carbocycles. The van der Waals surface area contributed by atoms with E-state index in [-0.39, 0.29) is 6.10 Å². The molecule has 1 aliphatic rings. The summed E-state index contributed by atoms with van der Waals surface area (Å²) in [6.45, 7) is 6.47. The first-order valence-corrected chi connectivity index (χ1v) is 8.05. The van der Waals surface area contributed by atoms with E-state index >= 15 is 0 Å². The van der Waals surface area contributed by atoms with Crippen molar-refractivity contribution < 1.29 is 18.8 Å². The van der Waals surface area contributed by atoms with E-state index in [9.17, 15) is 4.79 Å². The molecular weight excluding hydrogens is 308 g/mol. The Morgan fingerprint density at radius 1 is 1.38 bits per heavy atom. The highest BCUT2D eigenvalue weighted by Crippen LogP contribution is 2.33.